The highest BCUT2D eigenvalue weighted by Crippen LogP contribution is 2.34. The fraction of sp³-hybridized carbons (Fsp3) is 0.480. The van der Waals surface area contributed by atoms with Crippen LogP contribution in [0.5, 0.6) is 0 Å². The van der Waals surface area contributed by atoms with Gasteiger partial charge in [-0.05, 0) is 62.2 Å². The van der Waals surface area contributed by atoms with E-state index in [-0.39, 0.29) is 22.7 Å². The van der Waals surface area contributed by atoms with Crippen molar-refractivity contribution in [2.75, 3.05) is 49.1 Å². The summed E-state index contributed by atoms with van der Waals surface area (Å²) in [6.07, 6.45) is 1.77. The number of benzene rings is 2. The van der Waals surface area contributed by atoms with Crippen LogP contribution in [0.4, 0.5) is 15.8 Å². The molecule has 1 saturated heterocycles. The smallest absolute Gasteiger partial charge is 0.240 e. The van der Waals surface area contributed by atoms with Crippen molar-refractivity contribution in [1.29, 1.82) is 0 Å². The van der Waals surface area contributed by atoms with Crippen LogP contribution in [0.15, 0.2) is 47.4 Å². The maximum Gasteiger partial charge on any atom is 0.240 e. The van der Waals surface area contributed by atoms with Crippen LogP contribution < -0.4 is 14.5 Å². The molecule has 0 spiro atoms. The molecule has 0 aromatic heterocycles. The average Bonchev–Trinajstić information content (AvgIpc) is 3.17. The van der Waals surface area contributed by atoms with E-state index in [9.17, 15) is 17.6 Å². The van der Waals surface area contributed by atoms with E-state index < -0.39 is 10.0 Å². The van der Waals surface area contributed by atoms with Gasteiger partial charge in [-0.2, -0.15) is 0 Å². The van der Waals surface area contributed by atoms with Gasteiger partial charge in [-0.1, -0.05) is 19.1 Å². The Morgan fingerprint density at radius 3 is 2.53 bits per heavy atom. The van der Waals surface area contributed by atoms with Crippen molar-refractivity contribution in [2.24, 2.45) is 0 Å². The Kier molecular flexibility index (Phi) is 7.54. The molecule has 2 aromatic rings. The molecule has 9 heteroatoms. The van der Waals surface area contributed by atoms with Crippen LogP contribution in [-0.4, -0.2) is 64.5 Å². The van der Waals surface area contributed by atoms with Gasteiger partial charge in [-0.3, -0.25) is 9.69 Å². The van der Waals surface area contributed by atoms with E-state index in [2.05, 4.69) is 14.5 Å². The topological polar surface area (TPSA) is 73.0 Å². The van der Waals surface area contributed by atoms with Gasteiger partial charge in [0, 0.05) is 50.9 Å². The lowest BCUT2D eigenvalue weighted by atomic mass is 10.1. The summed E-state index contributed by atoms with van der Waals surface area (Å²) in [5.74, 6) is -0.147. The predicted octanol–water partition coefficient (Wildman–Crippen LogP) is 3.00. The molecule has 1 amide bonds. The third-order valence-electron chi connectivity index (χ3n) is 6.66. The molecule has 0 unspecified atom stereocenters. The minimum Gasteiger partial charge on any atom is -0.367 e. The van der Waals surface area contributed by atoms with Crippen LogP contribution in [0, 0.1) is 5.82 Å². The lowest BCUT2D eigenvalue weighted by molar-refractivity contribution is -0.118. The van der Waals surface area contributed by atoms with Gasteiger partial charge < -0.3 is 9.80 Å². The summed E-state index contributed by atoms with van der Waals surface area (Å²) in [6, 6.07) is 11.9. The number of nitrogens with zero attached hydrogens (tertiary/aromatic N) is 3. The number of para-hydroxylation sites is 1. The van der Waals surface area contributed by atoms with Crippen molar-refractivity contribution < 1.29 is 17.6 Å². The van der Waals surface area contributed by atoms with Crippen molar-refractivity contribution in [3.05, 3.63) is 53.8 Å². The van der Waals surface area contributed by atoms with Crippen molar-refractivity contribution in [1.82, 2.24) is 9.62 Å². The largest absolute Gasteiger partial charge is 0.367 e. The number of hydrogen-bond acceptors (Lipinski definition) is 5. The number of hydrogen-bond donors (Lipinski definition) is 1. The zero-order valence-electron chi connectivity index (χ0n) is 19.8. The Morgan fingerprint density at radius 1 is 1.09 bits per heavy atom. The normalized spacial score (nSPS) is 18.9. The van der Waals surface area contributed by atoms with Gasteiger partial charge in [0.1, 0.15) is 5.82 Å². The molecule has 2 heterocycles. The Labute approximate surface area is 201 Å². The van der Waals surface area contributed by atoms with Gasteiger partial charge in [0.05, 0.1) is 10.6 Å². The summed E-state index contributed by atoms with van der Waals surface area (Å²) in [6.45, 7) is 8.08. The van der Waals surface area contributed by atoms with Crippen molar-refractivity contribution in [2.45, 2.75) is 44.0 Å². The van der Waals surface area contributed by atoms with Crippen molar-refractivity contribution in [3.8, 4) is 0 Å². The molecule has 1 fully saturated rings. The molecule has 184 valence electrons. The van der Waals surface area contributed by atoms with E-state index in [1.165, 1.54) is 6.07 Å². The second-order valence-corrected chi connectivity index (χ2v) is 10.8. The van der Waals surface area contributed by atoms with E-state index in [1.54, 1.807) is 35.2 Å². The van der Waals surface area contributed by atoms with E-state index in [0.717, 1.165) is 44.0 Å². The number of sulfonamides is 1. The summed E-state index contributed by atoms with van der Waals surface area (Å²) in [5.41, 5.74) is 2.35. The minimum absolute atomic E-state index is 0.0345. The molecule has 4 rings (SSSR count). The molecule has 1 N–H and O–H groups in total. The van der Waals surface area contributed by atoms with Gasteiger partial charge in [-0.15, -0.1) is 0 Å². The van der Waals surface area contributed by atoms with E-state index in [4.69, 9.17) is 0 Å². The molecule has 1 atom stereocenters. The van der Waals surface area contributed by atoms with Gasteiger partial charge in [0.25, 0.3) is 0 Å². The fourth-order valence-electron chi connectivity index (χ4n) is 4.84. The molecule has 0 saturated carbocycles. The van der Waals surface area contributed by atoms with Gasteiger partial charge in [0.2, 0.25) is 15.9 Å². The van der Waals surface area contributed by atoms with Crippen LogP contribution in [0.3, 0.4) is 0 Å². The molecular weight excluding hydrogens is 455 g/mol. The highest BCUT2D eigenvalue weighted by Gasteiger charge is 2.31. The van der Waals surface area contributed by atoms with E-state index in [0.29, 0.717) is 31.5 Å². The minimum atomic E-state index is -3.62. The van der Waals surface area contributed by atoms with Crippen LogP contribution in [-0.2, 0) is 21.2 Å². The second-order valence-electron chi connectivity index (χ2n) is 8.99. The van der Waals surface area contributed by atoms with Gasteiger partial charge >= 0.3 is 0 Å². The SMILES string of the molecule is CCC(=O)N1c2ccc(S(=O)(=O)NCCCN3CCN(c4ccccc4F)CC3)cc2C[C@@H]1C. The Balaban J connectivity index is 1.26. The second kappa shape index (κ2) is 10.4. The molecule has 34 heavy (non-hydrogen) atoms. The van der Waals surface area contributed by atoms with Gasteiger partial charge in [0.15, 0.2) is 0 Å². The first-order chi connectivity index (χ1) is 16.3. The Bertz CT molecular complexity index is 1130. The zero-order chi connectivity index (χ0) is 24.3. The molecule has 0 radical (unpaired) electrons. The first-order valence-corrected chi connectivity index (χ1v) is 13.4. The number of piperazine rings is 1. The number of amides is 1. The Hall–Kier alpha value is -2.49. The molecule has 2 aliphatic rings. The molecule has 0 bridgehead atoms. The molecule has 2 aromatic carbocycles. The quantitative estimate of drug-likeness (QED) is 0.579. The average molecular weight is 489 g/mol. The van der Waals surface area contributed by atoms with Gasteiger partial charge in [-0.25, -0.2) is 17.5 Å². The maximum atomic E-state index is 14.0. The lowest BCUT2D eigenvalue weighted by Gasteiger charge is -2.36. The molecule has 2 aliphatic heterocycles. The highest BCUT2D eigenvalue weighted by molar-refractivity contribution is 7.89. The third kappa shape index (κ3) is 5.26. The fourth-order valence-corrected chi connectivity index (χ4v) is 5.96. The van der Waals surface area contributed by atoms with Crippen LogP contribution in [0.2, 0.25) is 0 Å². The highest BCUT2D eigenvalue weighted by atomic mass is 32.2. The molecule has 0 aliphatic carbocycles. The number of fused-ring (bicyclic) bond motifs is 1. The molecular formula is C25H33FN4O3S. The lowest BCUT2D eigenvalue weighted by Crippen LogP contribution is -2.47. The number of nitrogens with one attached hydrogen (secondary N) is 1. The monoisotopic (exact) mass is 488 g/mol. The summed E-state index contributed by atoms with van der Waals surface area (Å²) in [4.78, 5) is 18.6. The van der Waals surface area contributed by atoms with Crippen molar-refractivity contribution in [3.63, 3.8) is 0 Å². The van der Waals surface area contributed by atoms with Crippen LogP contribution in [0.25, 0.3) is 0 Å². The summed E-state index contributed by atoms with van der Waals surface area (Å²) in [7, 11) is -3.62. The summed E-state index contributed by atoms with van der Waals surface area (Å²) < 4.78 is 42.3. The molecule has 7 nitrogen and oxygen atoms in total. The Morgan fingerprint density at radius 2 is 1.82 bits per heavy atom. The summed E-state index contributed by atoms with van der Waals surface area (Å²) in [5, 5.41) is 0. The number of anilines is 2. The third-order valence-corrected chi connectivity index (χ3v) is 8.12. The van der Waals surface area contributed by atoms with Crippen LogP contribution in [0.1, 0.15) is 32.3 Å². The van der Waals surface area contributed by atoms with E-state index >= 15 is 0 Å². The maximum absolute atomic E-state index is 14.0. The van der Waals surface area contributed by atoms with E-state index in [1.807, 2.05) is 19.9 Å². The first kappa shape index (κ1) is 24.6. The zero-order valence-corrected chi connectivity index (χ0v) is 20.7. The number of halogens is 1. The number of rotatable bonds is 8. The van der Waals surface area contributed by atoms with Crippen molar-refractivity contribution >= 4 is 27.3 Å². The standard InChI is InChI=1S/C25H33FN4O3S/c1-3-25(31)30-19(2)17-20-18-21(9-10-23(20)30)34(32,33)27-11-6-12-28-13-15-29(16-14-28)24-8-5-4-7-22(24)26/h4-5,7-10,18-19,27H,3,6,11-17H2,1-2H3/t19-/m0/s1. The number of carbonyl (C=O) groups excluding carboxylic acids is 1. The predicted molar refractivity (Wildman–Crippen MR) is 132 cm³/mol. The van der Waals surface area contributed by atoms with Crippen LogP contribution >= 0.6 is 0 Å². The first-order valence-electron chi connectivity index (χ1n) is 12.0. The number of carbonyl (C=O) groups is 1. The summed E-state index contributed by atoms with van der Waals surface area (Å²) >= 11 is 0.